The first-order valence-corrected chi connectivity index (χ1v) is 6.91. The maximum Gasteiger partial charge on any atom is 0.00779 e. The molecule has 1 N–H and O–H groups in total. The second-order valence-electron chi connectivity index (χ2n) is 4.03. The van der Waals surface area contributed by atoms with E-state index in [1.165, 1.54) is 45.1 Å². The summed E-state index contributed by atoms with van der Waals surface area (Å²) in [4.78, 5) is 0. The lowest BCUT2D eigenvalue weighted by atomic mass is 10.2. The average Bonchev–Trinajstić information content (AvgIpc) is 2.60. The molecule has 2 unspecified atom stereocenters. The molecule has 78 valence electrons. The summed E-state index contributed by atoms with van der Waals surface area (Å²) in [6.07, 6.45) is 10.5. The van der Waals surface area contributed by atoms with Gasteiger partial charge in [0, 0.05) is 11.3 Å². The largest absolute Gasteiger partial charge is 0.314 e. The third-order valence-corrected chi connectivity index (χ3v) is 4.03. The van der Waals surface area contributed by atoms with Crippen molar-refractivity contribution in [1.82, 2.24) is 5.32 Å². The highest BCUT2D eigenvalue weighted by Crippen LogP contribution is 2.27. The fraction of sp³-hybridized carbons (Fsp3) is 1.00. The predicted octanol–water partition coefficient (Wildman–Crippen LogP) is 3.05. The van der Waals surface area contributed by atoms with Crippen LogP contribution in [0.2, 0.25) is 0 Å². The van der Waals surface area contributed by atoms with Gasteiger partial charge < -0.3 is 5.32 Å². The van der Waals surface area contributed by atoms with Gasteiger partial charge in [-0.25, -0.2) is 0 Å². The number of unbranched alkanes of at least 4 members (excludes halogenated alkanes) is 2. The highest BCUT2D eigenvalue weighted by molar-refractivity contribution is 7.99. The van der Waals surface area contributed by atoms with Crippen molar-refractivity contribution >= 4 is 11.8 Å². The number of nitrogens with one attached hydrogen (secondary N) is 1. The Bertz CT molecular complexity index is 127. The van der Waals surface area contributed by atoms with E-state index in [9.17, 15) is 0 Å². The second kappa shape index (κ2) is 6.72. The van der Waals surface area contributed by atoms with Crippen LogP contribution in [0.15, 0.2) is 0 Å². The van der Waals surface area contributed by atoms with E-state index in [0.29, 0.717) is 0 Å². The van der Waals surface area contributed by atoms with E-state index in [1.54, 1.807) is 0 Å². The molecule has 13 heavy (non-hydrogen) atoms. The Morgan fingerprint density at radius 1 is 1.31 bits per heavy atom. The van der Waals surface area contributed by atoms with Crippen molar-refractivity contribution in [2.75, 3.05) is 12.8 Å². The number of hydrogen-bond acceptors (Lipinski definition) is 2. The van der Waals surface area contributed by atoms with Crippen LogP contribution in [-0.4, -0.2) is 24.1 Å². The first kappa shape index (κ1) is 11.4. The molecule has 1 aliphatic rings. The van der Waals surface area contributed by atoms with E-state index in [-0.39, 0.29) is 0 Å². The van der Waals surface area contributed by atoms with Gasteiger partial charge in [-0.1, -0.05) is 19.8 Å². The van der Waals surface area contributed by atoms with E-state index in [1.807, 2.05) is 11.8 Å². The number of hydrogen-bond donors (Lipinski definition) is 1. The van der Waals surface area contributed by atoms with E-state index < -0.39 is 0 Å². The smallest absolute Gasteiger partial charge is 0.00779 e. The lowest BCUT2D eigenvalue weighted by Gasteiger charge is -2.11. The average molecular weight is 201 g/mol. The molecule has 0 heterocycles. The van der Waals surface area contributed by atoms with Gasteiger partial charge in [0.15, 0.2) is 0 Å². The van der Waals surface area contributed by atoms with Gasteiger partial charge in [0.25, 0.3) is 0 Å². The van der Waals surface area contributed by atoms with E-state index >= 15 is 0 Å². The molecule has 0 aliphatic heterocycles. The van der Waals surface area contributed by atoms with Gasteiger partial charge in [-0.3, -0.25) is 0 Å². The normalized spacial score (nSPS) is 28.2. The van der Waals surface area contributed by atoms with Crippen molar-refractivity contribution in [1.29, 1.82) is 0 Å². The Morgan fingerprint density at radius 3 is 2.77 bits per heavy atom. The summed E-state index contributed by atoms with van der Waals surface area (Å²) in [6.45, 7) is 3.50. The molecule has 0 bridgehead atoms. The monoisotopic (exact) mass is 201 g/mol. The van der Waals surface area contributed by atoms with E-state index in [2.05, 4.69) is 18.5 Å². The van der Waals surface area contributed by atoms with Crippen molar-refractivity contribution in [3.63, 3.8) is 0 Å². The molecule has 0 spiro atoms. The van der Waals surface area contributed by atoms with Crippen LogP contribution in [0.5, 0.6) is 0 Å². The topological polar surface area (TPSA) is 12.0 Å². The summed E-state index contributed by atoms with van der Waals surface area (Å²) < 4.78 is 0. The van der Waals surface area contributed by atoms with Gasteiger partial charge in [-0.2, -0.15) is 11.8 Å². The summed E-state index contributed by atoms with van der Waals surface area (Å²) in [5.74, 6) is 0. The van der Waals surface area contributed by atoms with Crippen LogP contribution in [0.4, 0.5) is 0 Å². The fourth-order valence-electron chi connectivity index (χ4n) is 2.02. The van der Waals surface area contributed by atoms with Crippen molar-refractivity contribution in [3.05, 3.63) is 0 Å². The van der Waals surface area contributed by atoms with Crippen LogP contribution >= 0.6 is 11.8 Å². The van der Waals surface area contributed by atoms with Gasteiger partial charge >= 0.3 is 0 Å². The van der Waals surface area contributed by atoms with Crippen LogP contribution in [0.25, 0.3) is 0 Å². The van der Waals surface area contributed by atoms with Gasteiger partial charge in [0.2, 0.25) is 0 Å². The van der Waals surface area contributed by atoms with Gasteiger partial charge in [0.05, 0.1) is 0 Å². The lowest BCUT2D eigenvalue weighted by Crippen LogP contribution is -2.27. The molecule has 0 aromatic heterocycles. The quantitative estimate of drug-likeness (QED) is 0.663. The molecule has 1 fully saturated rings. The Hall–Kier alpha value is 0.310. The summed E-state index contributed by atoms with van der Waals surface area (Å²) in [7, 11) is 0. The minimum atomic E-state index is 0.828. The molecule has 0 radical (unpaired) electrons. The molecule has 0 aromatic rings. The van der Waals surface area contributed by atoms with Crippen molar-refractivity contribution in [3.8, 4) is 0 Å². The summed E-state index contributed by atoms with van der Waals surface area (Å²) in [5.41, 5.74) is 0. The SMILES string of the molecule is CCCCCNC1CCC(SC)C1. The Kier molecular flexibility index (Phi) is 5.88. The third kappa shape index (κ3) is 4.37. The molecule has 2 atom stereocenters. The highest BCUT2D eigenvalue weighted by atomic mass is 32.2. The molecular weight excluding hydrogens is 178 g/mol. The third-order valence-electron chi connectivity index (χ3n) is 2.93. The summed E-state index contributed by atoms with van der Waals surface area (Å²) in [5, 5.41) is 4.60. The first-order chi connectivity index (χ1) is 6.36. The molecule has 0 amide bonds. The highest BCUT2D eigenvalue weighted by Gasteiger charge is 2.22. The van der Waals surface area contributed by atoms with Crippen LogP contribution in [-0.2, 0) is 0 Å². The standard InChI is InChI=1S/C11H23NS/c1-3-4-5-8-12-10-6-7-11(9-10)13-2/h10-12H,3-9H2,1-2H3. The van der Waals surface area contributed by atoms with Crippen LogP contribution < -0.4 is 5.32 Å². The Labute approximate surface area is 87.1 Å². The molecular formula is C11H23NS. The molecule has 1 aliphatic carbocycles. The van der Waals surface area contributed by atoms with Crippen LogP contribution in [0.1, 0.15) is 45.4 Å². The predicted molar refractivity (Wildman–Crippen MR) is 62.5 cm³/mol. The van der Waals surface area contributed by atoms with Crippen molar-refractivity contribution < 1.29 is 0 Å². The summed E-state index contributed by atoms with van der Waals surface area (Å²) >= 11 is 2.04. The second-order valence-corrected chi connectivity index (χ2v) is 5.17. The Balaban J connectivity index is 1.97. The molecule has 1 rings (SSSR count). The summed E-state index contributed by atoms with van der Waals surface area (Å²) in [6, 6.07) is 0.828. The van der Waals surface area contributed by atoms with Gasteiger partial charge in [-0.05, 0) is 38.5 Å². The fourth-order valence-corrected chi connectivity index (χ4v) is 2.82. The molecule has 1 saturated carbocycles. The lowest BCUT2D eigenvalue weighted by molar-refractivity contribution is 0.507. The van der Waals surface area contributed by atoms with Crippen molar-refractivity contribution in [2.45, 2.75) is 56.7 Å². The zero-order valence-electron chi connectivity index (χ0n) is 9.01. The van der Waals surface area contributed by atoms with Crippen LogP contribution in [0.3, 0.4) is 0 Å². The van der Waals surface area contributed by atoms with Gasteiger partial charge in [-0.15, -0.1) is 0 Å². The number of thioether (sulfide) groups is 1. The maximum absolute atomic E-state index is 3.67. The van der Waals surface area contributed by atoms with Crippen LogP contribution in [0, 0.1) is 0 Å². The molecule has 1 nitrogen and oxygen atoms in total. The molecule has 0 saturated heterocycles. The number of rotatable bonds is 6. The Morgan fingerprint density at radius 2 is 2.15 bits per heavy atom. The van der Waals surface area contributed by atoms with E-state index in [4.69, 9.17) is 0 Å². The maximum atomic E-state index is 3.67. The molecule has 0 aromatic carbocycles. The van der Waals surface area contributed by atoms with Crippen molar-refractivity contribution in [2.24, 2.45) is 0 Å². The van der Waals surface area contributed by atoms with Gasteiger partial charge in [0.1, 0.15) is 0 Å². The zero-order chi connectivity index (χ0) is 9.52. The minimum absolute atomic E-state index is 0.828. The first-order valence-electron chi connectivity index (χ1n) is 5.63. The van der Waals surface area contributed by atoms with E-state index in [0.717, 1.165) is 11.3 Å². The minimum Gasteiger partial charge on any atom is -0.314 e. The zero-order valence-corrected chi connectivity index (χ0v) is 9.83. The molecule has 2 heteroatoms.